The second-order valence-electron chi connectivity index (χ2n) is 7.12. The first-order valence-corrected chi connectivity index (χ1v) is 10.9. The molecule has 2 saturated heterocycles. The molecule has 8 heteroatoms. The Morgan fingerprint density at radius 3 is 2.37 bits per heavy atom. The van der Waals surface area contributed by atoms with Crippen molar-refractivity contribution in [3.05, 3.63) is 42.1 Å². The van der Waals surface area contributed by atoms with Gasteiger partial charge in [-0.2, -0.15) is 9.29 Å². The van der Waals surface area contributed by atoms with Crippen LogP contribution in [0.5, 0.6) is 0 Å². The van der Waals surface area contributed by atoms with Gasteiger partial charge >= 0.3 is 0 Å². The topological polar surface area (TPSA) is 69.6 Å². The number of aromatic nitrogens is 2. The van der Waals surface area contributed by atoms with Gasteiger partial charge in [0.25, 0.3) is 0 Å². The summed E-state index contributed by atoms with van der Waals surface area (Å²) in [7, 11) is -3.45. The number of anilines is 2. The molecule has 27 heavy (non-hydrogen) atoms. The zero-order valence-electron chi connectivity index (χ0n) is 15.6. The van der Waals surface area contributed by atoms with E-state index in [0.29, 0.717) is 31.1 Å². The predicted octanol–water partition coefficient (Wildman–Crippen LogP) is 1.90. The van der Waals surface area contributed by atoms with Crippen LogP contribution in [0.2, 0.25) is 0 Å². The molecule has 0 radical (unpaired) electrons. The van der Waals surface area contributed by atoms with Crippen molar-refractivity contribution >= 4 is 21.8 Å². The van der Waals surface area contributed by atoms with Crippen LogP contribution in [0.25, 0.3) is 0 Å². The van der Waals surface area contributed by atoms with Crippen LogP contribution in [0.4, 0.5) is 11.8 Å². The average molecular weight is 388 g/mol. The third-order valence-electron chi connectivity index (χ3n) is 5.21. The number of aryl methyl sites for hydroxylation is 1. The number of hydrogen-bond donors (Lipinski definition) is 0. The van der Waals surface area contributed by atoms with Crippen LogP contribution in [0.1, 0.15) is 18.4 Å². The van der Waals surface area contributed by atoms with E-state index in [1.54, 1.807) is 28.7 Å². The molecular formula is C19H25N5O2S. The van der Waals surface area contributed by atoms with Crippen molar-refractivity contribution in [2.75, 3.05) is 49.1 Å². The molecule has 7 nitrogen and oxygen atoms in total. The molecule has 0 N–H and O–H groups in total. The molecule has 0 spiro atoms. The minimum atomic E-state index is -3.45. The van der Waals surface area contributed by atoms with Crippen LogP contribution in [0.15, 0.2) is 41.4 Å². The maximum absolute atomic E-state index is 12.9. The summed E-state index contributed by atoms with van der Waals surface area (Å²) in [5.74, 6) is 1.65. The van der Waals surface area contributed by atoms with Crippen LogP contribution in [0.3, 0.4) is 0 Å². The first kappa shape index (κ1) is 18.2. The molecule has 3 heterocycles. The molecule has 2 aliphatic heterocycles. The van der Waals surface area contributed by atoms with Gasteiger partial charge in [0.2, 0.25) is 16.0 Å². The molecule has 1 aromatic carbocycles. The summed E-state index contributed by atoms with van der Waals surface area (Å²) in [6.45, 7) is 6.09. The third-order valence-corrected chi connectivity index (χ3v) is 7.10. The molecule has 2 aromatic rings. The summed E-state index contributed by atoms with van der Waals surface area (Å²) in [4.78, 5) is 13.8. The van der Waals surface area contributed by atoms with E-state index in [9.17, 15) is 8.42 Å². The highest BCUT2D eigenvalue weighted by atomic mass is 32.2. The van der Waals surface area contributed by atoms with Crippen molar-refractivity contribution in [3.8, 4) is 0 Å². The Morgan fingerprint density at radius 2 is 1.67 bits per heavy atom. The SMILES string of the molecule is Cc1cccc(S(=O)(=O)N2CCN(c3ccnc(N4CCCC4)n3)CC2)c1. The maximum Gasteiger partial charge on any atom is 0.243 e. The molecule has 0 unspecified atom stereocenters. The van der Waals surface area contributed by atoms with Gasteiger partial charge in [0.05, 0.1) is 4.90 Å². The predicted molar refractivity (Wildman–Crippen MR) is 106 cm³/mol. The van der Waals surface area contributed by atoms with Crippen molar-refractivity contribution in [2.45, 2.75) is 24.7 Å². The normalized spacial score (nSPS) is 18.9. The summed E-state index contributed by atoms with van der Waals surface area (Å²) in [6, 6.07) is 9.00. The van der Waals surface area contributed by atoms with Crippen molar-refractivity contribution in [3.63, 3.8) is 0 Å². The van der Waals surface area contributed by atoms with Crippen LogP contribution < -0.4 is 9.80 Å². The zero-order chi connectivity index (χ0) is 18.9. The van der Waals surface area contributed by atoms with E-state index in [0.717, 1.165) is 30.4 Å². The highest BCUT2D eigenvalue weighted by Crippen LogP contribution is 2.22. The van der Waals surface area contributed by atoms with Crippen LogP contribution >= 0.6 is 0 Å². The quantitative estimate of drug-likeness (QED) is 0.798. The van der Waals surface area contributed by atoms with E-state index in [2.05, 4.69) is 14.8 Å². The number of benzene rings is 1. The van der Waals surface area contributed by atoms with Crippen molar-refractivity contribution in [1.29, 1.82) is 0 Å². The van der Waals surface area contributed by atoms with Gasteiger partial charge in [0, 0.05) is 45.5 Å². The first-order chi connectivity index (χ1) is 13.0. The molecule has 0 saturated carbocycles. The average Bonchev–Trinajstić information content (AvgIpc) is 3.23. The van der Waals surface area contributed by atoms with Crippen LogP contribution in [-0.4, -0.2) is 62.0 Å². The number of rotatable bonds is 4. The molecule has 0 atom stereocenters. The Kier molecular flexibility index (Phi) is 5.01. The Balaban J connectivity index is 1.45. The molecule has 144 valence electrons. The summed E-state index contributed by atoms with van der Waals surface area (Å²) in [5.41, 5.74) is 0.949. The van der Waals surface area contributed by atoms with Crippen molar-refractivity contribution < 1.29 is 8.42 Å². The van der Waals surface area contributed by atoms with E-state index < -0.39 is 10.0 Å². The fourth-order valence-electron chi connectivity index (χ4n) is 3.67. The zero-order valence-corrected chi connectivity index (χ0v) is 16.4. The molecule has 4 rings (SSSR count). The van der Waals surface area contributed by atoms with E-state index in [4.69, 9.17) is 4.98 Å². The standard InChI is InChI=1S/C19H25N5O2S/c1-16-5-4-6-17(15-16)27(25,26)24-13-11-22(12-14-24)18-7-8-20-19(21-18)23-9-2-3-10-23/h4-8,15H,2-3,9-14H2,1H3. The molecular weight excluding hydrogens is 362 g/mol. The second kappa shape index (κ2) is 7.44. The Bertz CT molecular complexity index is 904. The van der Waals surface area contributed by atoms with Gasteiger partial charge in [0.15, 0.2) is 0 Å². The number of piperazine rings is 1. The van der Waals surface area contributed by atoms with Gasteiger partial charge in [-0.05, 0) is 43.5 Å². The maximum atomic E-state index is 12.9. The highest BCUT2D eigenvalue weighted by Gasteiger charge is 2.29. The van der Waals surface area contributed by atoms with Crippen LogP contribution in [0, 0.1) is 6.92 Å². The van der Waals surface area contributed by atoms with Crippen molar-refractivity contribution in [2.24, 2.45) is 0 Å². The van der Waals surface area contributed by atoms with Gasteiger partial charge in [-0.25, -0.2) is 13.4 Å². The van der Waals surface area contributed by atoms with E-state index in [1.165, 1.54) is 12.8 Å². The lowest BCUT2D eigenvalue weighted by atomic mass is 10.2. The summed E-state index contributed by atoms with van der Waals surface area (Å²) in [6.07, 6.45) is 4.16. The highest BCUT2D eigenvalue weighted by molar-refractivity contribution is 7.89. The second-order valence-corrected chi connectivity index (χ2v) is 9.05. The Labute approximate surface area is 160 Å². The smallest absolute Gasteiger partial charge is 0.243 e. The number of nitrogens with zero attached hydrogens (tertiary/aromatic N) is 5. The molecule has 0 aliphatic carbocycles. The fraction of sp³-hybridized carbons (Fsp3) is 0.474. The third kappa shape index (κ3) is 3.77. The molecule has 0 bridgehead atoms. The van der Waals surface area contributed by atoms with Gasteiger partial charge in [-0.3, -0.25) is 0 Å². The molecule has 2 aliphatic rings. The van der Waals surface area contributed by atoms with Gasteiger partial charge in [-0.15, -0.1) is 0 Å². The van der Waals surface area contributed by atoms with Gasteiger partial charge in [0.1, 0.15) is 5.82 Å². The summed E-state index contributed by atoms with van der Waals surface area (Å²) in [5, 5.41) is 0. The van der Waals surface area contributed by atoms with E-state index >= 15 is 0 Å². The lowest BCUT2D eigenvalue weighted by Crippen LogP contribution is -2.49. The number of sulfonamides is 1. The Morgan fingerprint density at radius 1 is 0.926 bits per heavy atom. The first-order valence-electron chi connectivity index (χ1n) is 9.44. The minimum absolute atomic E-state index is 0.370. The van der Waals surface area contributed by atoms with Crippen molar-refractivity contribution in [1.82, 2.24) is 14.3 Å². The summed E-state index contributed by atoms with van der Waals surface area (Å²) < 4.78 is 27.3. The molecule has 2 fully saturated rings. The van der Waals surface area contributed by atoms with E-state index in [1.807, 2.05) is 19.1 Å². The Hall–Kier alpha value is -2.19. The number of hydrogen-bond acceptors (Lipinski definition) is 6. The van der Waals surface area contributed by atoms with Gasteiger partial charge in [-0.1, -0.05) is 12.1 Å². The molecule has 0 amide bonds. The lowest BCUT2D eigenvalue weighted by molar-refractivity contribution is 0.383. The fourth-order valence-corrected chi connectivity index (χ4v) is 5.19. The summed E-state index contributed by atoms with van der Waals surface area (Å²) >= 11 is 0. The largest absolute Gasteiger partial charge is 0.354 e. The van der Waals surface area contributed by atoms with E-state index in [-0.39, 0.29) is 0 Å². The van der Waals surface area contributed by atoms with Gasteiger partial charge < -0.3 is 9.80 Å². The van der Waals surface area contributed by atoms with Crippen LogP contribution in [-0.2, 0) is 10.0 Å². The lowest BCUT2D eigenvalue weighted by Gasteiger charge is -2.35. The minimum Gasteiger partial charge on any atom is -0.354 e. The molecule has 1 aromatic heterocycles. The monoisotopic (exact) mass is 387 g/mol.